The number of likely N-dealkylation sites (N-methyl/N-ethyl adjacent to an activating group) is 1. The van der Waals surface area contributed by atoms with Crippen LogP contribution in [0, 0.1) is 0 Å². The van der Waals surface area contributed by atoms with Crippen molar-refractivity contribution in [3.8, 4) is 0 Å². The SMILES string of the molecule is CN1Cc2ccccc2[C@@H]1Cc1ccccc1. The number of hydrogen-bond acceptors (Lipinski definition) is 1. The van der Waals surface area contributed by atoms with Crippen molar-refractivity contribution in [2.75, 3.05) is 7.05 Å². The van der Waals surface area contributed by atoms with Crippen LogP contribution in [0.15, 0.2) is 54.6 Å². The molecule has 0 amide bonds. The van der Waals surface area contributed by atoms with Gasteiger partial charge in [0.25, 0.3) is 0 Å². The third kappa shape index (κ3) is 1.98. The lowest BCUT2D eigenvalue weighted by Gasteiger charge is -2.20. The highest BCUT2D eigenvalue weighted by molar-refractivity contribution is 5.35. The van der Waals surface area contributed by atoms with Gasteiger partial charge in [-0.15, -0.1) is 0 Å². The van der Waals surface area contributed by atoms with Crippen LogP contribution in [0.1, 0.15) is 22.7 Å². The Hall–Kier alpha value is -1.60. The Morgan fingerprint density at radius 2 is 1.71 bits per heavy atom. The summed E-state index contributed by atoms with van der Waals surface area (Å²) in [4.78, 5) is 2.44. The number of hydrogen-bond donors (Lipinski definition) is 0. The smallest absolute Gasteiger partial charge is 0.0392 e. The van der Waals surface area contributed by atoms with Crippen LogP contribution < -0.4 is 0 Å². The first-order valence-electron chi connectivity index (χ1n) is 6.16. The number of fused-ring (bicyclic) bond motifs is 1. The van der Waals surface area contributed by atoms with E-state index in [9.17, 15) is 0 Å². The third-order valence-electron chi connectivity index (χ3n) is 3.64. The zero-order valence-electron chi connectivity index (χ0n) is 10.1. The minimum absolute atomic E-state index is 0.536. The summed E-state index contributed by atoms with van der Waals surface area (Å²) >= 11 is 0. The molecule has 0 saturated carbocycles. The lowest BCUT2D eigenvalue weighted by atomic mass is 9.98. The first-order valence-corrected chi connectivity index (χ1v) is 6.16. The summed E-state index contributed by atoms with van der Waals surface area (Å²) in [5.74, 6) is 0. The highest BCUT2D eigenvalue weighted by Gasteiger charge is 2.26. The first kappa shape index (κ1) is 10.5. The number of rotatable bonds is 2. The average molecular weight is 223 g/mol. The summed E-state index contributed by atoms with van der Waals surface area (Å²) in [7, 11) is 2.22. The quantitative estimate of drug-likeness (QED) is 0.754. The largest absolute Gasteiger partial charge is 0.295 e. The van der Waals surface area contributed by atoms with Gasteiger partial charge >= 0.3 is 0 Å². The highest BCUT2D eigenvalue weighted by atomic mass is 15.1. The molecule has 0 aromatic heterocycles. The van der Waals surface area contributed by atoms with Crippen molar-refractivity contribution in [2.45, 2.75) is 19.0 Å². The predicted octanol–water partition coefficient (Wildman–Crippen LogP) is 3.42. The standard InChI is InChI=1S/C16H17N/c1-17-12-14-9-5-6-10-15(14)16(17)11-13-7-3-2-4-8-13/h2-10,16H,11-12H2,1H3/t16-/m0/s1. The van der Waals surface area contributed by atoms with Crippen LogP contribution in [0.4, 0.5) is 0 Å². The van der Waals surface area contributed by atoms with Gasteiger partial charge in [0, 0.05) is 12.6 Å². The van der Waals surface area contributed by atoms with Gasteiger partial charge < -0.3 is 0 Å². The molecule has 3 rings (SSSR count). The molecule has 1 atom stereocenters. The second kappa shape index (κ2) is 4.34. The van der Waals surface area contributed by atoms with Gasteiger partial charge in [0.15, 0.2) is 0 Å². The number of nitrogens with zero attached hydrogens (tertiary/aromatic N) is 1. The second-order valence-corrected chi connectivity index (χ2v) is 4.82. The molecular weight excluding hydrogens is 206 g/mol. The highest BCUT2D eigenvalue weighted by Crippen LogP contribution is 2.34. The molecule has 0 unspecified atom stereocenters. The summed E-state index contributed by atoms with van der Waals surface area (Å²) in [5.41, 5.74) is 4.40. The van der Waals surface area contributed by atoms with E-state index in [1.807, 2.05) is 0 Å². The molecule has 0 fully saturated rings. The first-order chi connectivity index (χ1) is 8.34. The summed E-state index contributed by atoms with van der Waals surface area (Å²) in [6.07, 6.45) is 1.11. The molecular formula is C16H17N. The monoisotopic (exact) mass is 223 g/mol. The molecule has 0 radical (unpaired) electrons. The molecule has 0 bridgehead atoms. The van der Waals surface area contributed by atoms with E-state index < -0.39 is 0 Å². The fraction of sp³-hybridized carbons (Fsp3) is 0.250. The Labute approximate surface area is 103 Å². The Bertz CT molecular complexity index is 504. The zero-order valence-corrected chi connectivity index (χ0v) is 10.1. The van der Waals surface area contributed by atoms with Gasteiger partial charge in [-0.2, -0.15) is 0 Å². The molecule has 86 valence electrons. The van der Waals surface area contributed by atoms with E-state index in [4.69, 9.17) is 0 Å². The van der Waals surface area contributed by atoms with Gasteiger partial charge in [0.2, 0.25) is 0 Å². The van der Waals surface area contributed by atoms with Crippen molar-refractivity contribution < 1.29 is 0 Å². The fourth-order valence-corrected chi connectivity index (χ4v) is 2.72. The third-order valence-corrected chi connectivity index (χ3v) is 3.64. The molecule has 1 nitrogen and oxygen atoms in total. The molecule has 2 aromatic rings. The van der Waals surface area contributed by atoms with Gasteiger partial charge in [0.05, 0.1) is 0 Å². The molecule has 0 spiro atoms. The summed E-state index contributed by atoms with van der Waals surface area (Å²) in [6, 6.07) is 20.1. The maximum absolute atomic E-state index is 2.44. The van der Waals surface area contributed by atoms with E-state index in [0.29, 0.717) is 6.04 Å². The van der Waals surface area contributed by atoms with Crippen LogP contribution in [0.25, 0.3) is 0 Å². The minimum atomic E-state index is 0.536. The van der Waals surface area contributed by atoms with Crippen molar-refractivity contribution in [1.29, 1.82) is 0 Å². The Balaban J connectivity index is 1.89. The molecule has 0 N–H and O–H groups in total. The second-order valence-electron chi connectivity index (χ2n) is 4.82. The van der Waals surface area contributed by atoms with Gasteiger partial charge in [0.1, 0.15) is 0 Å². The van der Waals surface area contributed by atoms with E-state index in [-0.39, 0.29) is 0 Å². The summed E-state index contributed by atoms with van der Waals surface area (Å²) in [6.45, 7) is 1.08. The van der Waals surface area contributed by atoms with Crippen LogP contribution in [0.3, 0.4) is 0 Å². The normalized spacial score (nSPS) is 19.2. The maximum Gasteiger partial charge on any atom is 0.0392 e. The zero-order chi connectivity index (χ0) is 11.7. The van der Waals surface area contributed by atoms with Gasteiger partial charge in [-0.1, -0.05) is 54.6 Å². The van der Waals surface area contributed by atoms with E-state index in [1.165, 1.54) is 16.7 Å². The maximum atomic E-state index is 2.44. The molecule has 0 saturated heterocycles. The van der Waals surface area contributed by atoms with Crippen LogP contribution in [0.5, 0.6) is 0 Å². The number of benzene rings is 2. The van der Waals surface area contributed by atoms with E-state index in [2.05, 4.69) is 66.5 Å². The average Bonchev–Trinajstić information content (AvgIpc) is 2.68. The van der Waals surface area contributed by atoms with Crippen molar-refractivity contribution in [1.82, 2.24) is 4.90 Å². The van der Waals surface area contributed by atoms with Crippen LogP contribution in [-0.2, 0) is 13.0 Å². The van der Waals surface area contributed by atoms with Crippen molar-refractivity contribution in [3.63, 3.8) is 0 Å². The molecule has 1 aliphatic rings. The van der Waals surface area contributed by atoms with E-state index in [1.54, 1.807) is 0 Å². The summed E-state index contributed by atoms with van der Waals surface area (Å²) in [5, 5.41) is 0. The van der Waals surface area contributed by atoms with Crippen LogP contribution >= 0.6 is 0 Å². The molecule has 17 heavy (non-hydrogen) atoms. The summed E-state index contributed by atoms with van der Waals surface area (Å²) < 4.78 is 0. The van der Waals surface area contributed by atoms with Crippen molar-refractivity contribution in [2.24, 2.45) is 0 Å². The molecule has 0 aliphatic carbocycles. The molecule has 1 heterocycles. The fourth-order valence-electron chi connectivity index (χ4n) is 2.72. The Morgan fingerprint density at radius 3 is 2.53 bits per heavy atom. The molecule has 2 aromatic carbocycles. The van der Waals surface area contributed by atoms with Crippen LogP contribution in [-0.4, -0.2) is 11.9 Å². The molecule has 1 heteroatoms. The van der Waals surface area contributed by atoms with Crippen molar-refractivity contribution >= 4 is 0 Å². The van der Waals surface area contributed by atoms with Gasteiger partial charge in [-0.05, 0) is 30.2 Å². The molecule has 1 aliphatic heterocycles. The predicted molar refractivity (Wildman–Crippen MR) is 70.8 cm³/mol. The van der Waals surface area contributed by atoms with Gasteiger partial charge in [-0.25, -0.2) is 0 Å². The Kier molecular flexibility index (Phi) is 2.69. The van der Waals surface area contributed by atoms with E-state index >= 15 is 0 Å². The topological polar surface area (TPSA) is 3.24 Å². The van der Waals surface area contributed by atoms with Crippen molar-refractivity contribution in [3.05, 3.63) is 71.3 Å². The van der Waals surface area contributed by atoms with Crippen LogP contribution in [0.2, 0.25) is 0 Å². The van der Waals surface area contributed by atoms with Gasteiger partial charge in [-0.3, -0.25) is 4.90 Å². The lowest BCUT2D eigenvalue weighted by molar-refractivity contribution is 0.267. The van der Waals surface area contributed by atoms with E-state index in [0.717, 1.165) is 13.0 Å². The Morgan fingerprint density at radius 1 is 1.00 bits per heavy atom. The lowest BCUT2D eigenvalue weighted by Crippen LogP contribution is -2.18. The minimum Gasteiger partial charge on any atom is -0.295 e.